The predicted molar refractivity (Wildman–Crippen MR) is 109 cm³/mol. The maximum Gasteiger partial charge on any atom is 0.228 e. The van der Waals surface area contributed by atoms with Crippen LogP contribution in [-0.4, -0.2) is 16.8 Å². The monoisotopic (exact) mass is 385 g/mol. The van der Waals surface area contributed by atoms with Gasteiger partial charge in [0.2, 0.25) is 11.8 Å². The van der Waals surface area contributed by atoms with Crippen molar-refractivity contribution < 1.29 is 9.59 Å². The summed E-state index contributed by atoms with van der Waals surface area (Å²) >= 11 is 1.34. The first kappa shape index (κ1) is 19.5. The average Bonchev–Trinajstić information content (AvgIpc) is 3.07. The highest BCUT2D eigenvalue weighted by atomic mass is 32.1. The number of nitrogens with one attached hydrogen (secondary N) is 2. The second-order valence-corrected chi connectivity index (χ2v) is 8.35. The standard InChI is InChI=1S/C21H27N3O2S/c1-13(2)20(26)24-21-23-18(12-27-21)11-19(25)22-14(3)16-9-8-15-6-4-5-7-17(15)10-16/h8-10,12-14H,4-7,11H2,1-3H3,(H,22,25)(H,23,24,26)/t14-/m1/s1. The highest BCUT2D eigenvalue weighted by molar-refractivity contribution is 7.13. The van der Waals surface area contributed by atoms with Crippen molar-refractivity contribution in [2.75, 3.05) is 5.32 Å². The van der Waals surface area contributed by atoms with Gasteiger partial charge in [-0.15, -0.1) is 11.3 Å². The van der Waals surface area contributed by atoms with Gasteiger partial charge in [-0.05, 0) is 49.3 Å². The van der Waals surface area contributed by atoms with Crippen molar-refractivity contribution in [3.05, 3.63) is 46.0 Å². The fourth-order valence-corrected chi connectivity index (χ4v) is 3.97. The first-order valence-electron chi connectivity index (χ1n) is 9.58. The summed E-state index contributed by atoms with van der Waals surface area (Å²) in [6.07, 6.45) is 5.02. The van der Waals surface area contributed by atoms with E-state index in [-0.39, 0.29) is 30.2 Å². The van der Waals surface area contributed by atoms with Gasteiger partial charge in [0, 0.05) is 11.3 Å². The van der Waals surface area contributed by atoms with Crippen molar-refractivity contribution >= 4 is 28.3 Å². The van der Waals surface area contributed by atoms with Gasteiger partial charge < -0.3 is 10.6 Å². The Morgan fingerprint density at radius 1 is 1.15 bits per heavy atom. The van der Waals surface area contributed by atoms with E-state index in [1.807, 2.05) is 26.2 Å². The number of aryl methyl sites for hydroxylation is 2. The van der Waals surface area contributed by atoms with Crippen LogP contribution in [-0.2, 0) is 28.9 Å². The molecule has 0 saturated heterocycles. The molecule has 0 unspecified atom stereocenters. The van der Waals surface area contributed by atoms with Gasteiger partial charge in [-0.1, -0.05) is 32.0 Å². The molecular formula is C21H27N3O2S. The lowest BCUT2D eigenvalue weighted by atomic mass is 9.89. The number of carbonyl (C=O) groups excluding carboxylic acids is 2. The van der Waals surface area contributed by atoms with Gasteiger partial charge in [0.25, 0.3) is 0 Å². The molecule has 0 bridgehead atoms. The molecule has 2 amide bonds. The summed E-state index contributed by atoms with van der Waals surface area (Å²) in [5.74, 6) is -0.230. The van der Waals surface area contributed by atoms with E-state index in [1.54, 1.807) is 0 Å². The van der Waals surface area contributed by atoms with Gasteiger partial charge in [-0.3, -0.25) is 9.59 Å². The first-order valence-corrected chi connectivity index (χ1v) is 10.5. The van der Waals surface area contributed by atoms with E-state index >= 15 is 0 Å². The summed E-state index contributed by atoms with van der Waals surface area (Å²) in [5, 5.41) is 8.18. The predicted octanol–water partition coefficient (Wildman–Crippen LogP) is 4.04. The molecule has 1 aromatic carbocycles. The van der Waals surface area contributed by atoms with Gasteiger partial charge in [0.05, 0.1) is 18.2 Å². The van der Waals surface area contributed by atoms with E-state index in [0.29, 0.717) is 10.8 Å². The minimum atomic E-state index is -0.0990. The van der Waals surface area contributed by atoms with E-state index < -0.39 is 0 Å². The number of thiazole rings is 1. The molecule has 0 spiro atoms. The summed E-state index contributed by atoms with van der Waals surface area (Å²) in [6.45, 7) is 5.68. The number of amides is 2. The van der Waals surface area contributed by atoms with E-state index in [9.17, 15) is 9.59 Å². The van der Waals surface area contributed by atoms with Crippen LogP contribution in [0.1, 0.15) is 62.0 Å². The number of carbonyl (C=O) groups is 2. The molecule has 1 aliphatic carbocycles. The molecule has 6 heteroatoms. The van der Waals surface area contributed by atoms with Crippen LogP contribution in [0.3, 0.4) is 0 Å². The number of benzene rings is 1. The van der Waals surface area contributed by atoms with Crippen LogP contribution < -0.4 is 10.6 Å². The fourth-order valence-electron chi connectivity index (χ4n) is 3.26. The van der Waals surface area contributed by atoms with Crippen molar-refractivity contribution in [2.45, 2.75) is 58.9 Å². The van der Waals surface area contributed by atoms with Crippen molar-refractivity contribution in [3.63, 3.8) is 0 Å². The lowest BCUT2D eigenvalue weighted by Crippen LogP contribution is -2.28. The number of fused-ring (bicyclic) bond motifs is 1. The number of anilines is 1. The van der Waals surface area contributed by atoms with Crippen molar-refractivity contribution in [1.82, 2.24) is 10.3 Å². The van der Waals surface area contributed by atoms with E-state index in [1.165, 1.54) is 35.3 Å². The molecule has 3 rings (SSSR count). The summed E-state index contributed by atoms with van der Waals surface area (Å²) in [5.41, 5.74) is 4.69. The minimum Gasteiger partial charge on any atom is -0.349 e. The second kappa shape index (κ2) is 8.65. The Morgan fingerprint density at radius 3 is 2.63 bits per heavy atom. The van der Waals surface area contributed by atoms with Crippen LogP contribution in [0.5, 0.6) is 0 Å². The Bertz CT molecular complexity index is 829. The first-order chi connectivity index (χ1) is 12.9. The zero-order chi connectivity index (χ0) is 19.4. The number of aromatic nitrogens is 1. The molecule has 1 aliphatic rings. The fraction of sp³-hybridized carbons (Fsp3) is 0.476. The van der Waals surface area contributed by atoms with Crippen LogP contribution in [0.15, 0.2) is 23.6 Å². The Kier molecular flexibility index (Phi) is 6.26. The molecule has 1 heterocycles. The Hall–Kier alpha value is -2.21. The largest absolute Gasteiger partial charge is 0.349 e. The third-order valence-corrected chi connectivity index (χ3v) is 5.70. The zero-order valence-electron chi connectivity index (χ0n) is 16.2. The van der Waals surface area contributed by atoms with Crippen molar-refractivity contribution in [2.24, 2.45) is 5.92 Å². The molecule has 27 heavy (non-hydrogen) atoms. The molecule has 5 nitrogen and oxygen atoms in total. The van der Waals surface area contributed by atoms with Gasteiger partial charge in [-0.25, -0.2) is 4.98 Å². The summed E-state index contributed by atoms with van der Waals surface area (Å²) < 4.78 is 0. The van der Waals surface area contributed by atoms with Crippen LogP contribution in [0.4, 0.5) is 5.13 Å². The maximum atomic E-state index is 12.4. The van der Waals surface area contributed by atoms with Gasteiger partial charge in [0.15, 0.2) is 5.13 Å². The zero-order valence-corrected chi connectivity index (χ0v) is 17.0. The van der Waals surface area contributed by atoms with E-state index in [0.717, 1.165) is 18.4 Å². The Morgan fingerprint density at radius 2 is 1.89 bits per heavy atom. The maximum absolute atomic E-state index is 12.4. The summed E-state index contributed by atoms with van der Waals surface area (Å²) in [4.78, 5) is 28.5. The highest BCUT2D eigenvalue weighted by Gasteiger charge is 2.16. The molecule has 144 valence electrons. The Balaban J connectivity index is 1.56. The lowest BCUT2D eigenvalue weighted by Gasteiger charge is -2.20. The van der Waals surface area contributed by atoms with Gasteiger partial charge in [0.1, 0.15) is 0 Å². The topological polar surface area (TPSA) is 71.1 Å². The van der Waals surface area contributed by atoms with E-state index in [2.05, 4.69) is 33.8 Å². The number of rotatable bonds is 6. The summed E-state index contributed by atoms with van der Waals surface area (Å²) in [7, 11) is 0. The number of hydrogen-bond donors (Lipinski definition) is 2. The second-order valence-electron chi connectivity index (χ2n) is 7.49. The minimum absolute atomic E-state index is 0.0384. The molecule has 0 radical (unpaired) electrons. The molecular weight excluding hydrogens is 358 g/mol. The Labute approximate surface area is 164 Å². The SMILES string of the molecule is CC(C)C(=O)Nc1nc(CC(=O)N[C@H](C)c2ccc3c(c2)CCCC3)cs1. The molecule has 0 saturated carbocycles. The third-order valence-electron chi connectivity index (χ3n) is 4.90. The van der Waals surface area contributed by atoms with Crippen molar-refractivity contribution in [1.29, 1.82) is 0 Å². The van der Waals surface area contributed by atoms with Crippen molar-refractivity contribution in [3.8, 4) is 0 Å². The molecule has 2 N–H and O–H groups in total. The van der Waals surface area contributed by atoms with Gasteiger partial charge in [-0.2, -0.15) is 0 Å². The number of hydrogen-bond acceptors (Lipinski definition) is 4. The molecule has 0 aliphatic heterocycles. The summed E-state index contributed by atoms with van der Waals surface area (Å²) in [6, 6.07) is 6.53. The average molecular weight is 386 g/mol. The molecule has 0 fully saturated rings. The normalized spacial score (nSPS) is 14.5. The number of nitrogens with zero attached hydrogens (tertiary/aromatic N) is 1. The lowest BCUT2D eigenvalue weighted by molar-refractivity contribution is -0.121. The van der Waals surface area contributed by atoms with Crippen LogP contribution in [0, 0.1) is 5.92 Å². The van der Waals surface area contributed by atoms with E-state index in [4.69, 9.17) is 0 Å². The van der Waals surface area contributed by atoms with Crippen LogP contribution in [0.2, 0.25) is 0 Å². The van der Waals surface area contributed by atoms with Crippen LogP contribution in [0.25, 0.3) is 0 Å². The smallest absolute Gasteiger partial charge is 0.228 e. The van der Waals surface area contributed by atoms with Gasteiger partial charge >= 0.3 is 0 Å². The molecule has 1 aromatic heterocycles. The highest BCUT2D eigenvalue weighted by Crippen LogP contribution is 2.25. The van der Waals surface area contributed by atoms with Crippen LogP contribution >= 0.6 is 11.3 Å². The molecule has 2 aromatic rings. The molecule has 1 atom stereocenters. The third kappa shape index (κ3) is 5.16. The quantitative estimate of drug-likeness (QED) is 0.788.